The summed E-state index contributed by atoms with van der Waals surface area (Å²) in [5.74, 6) is -0.408. The smallest absolute Gasteiger partial charge is 0.282 e. The van der Waals surface area contributed by atoms with Crippen LogP contribution in [0.15, 0.2) is 34.4 Å². The average molecular weight is 369 g/mol. The second kappa shape index (κ2) is 6.34. The molecule has 1 aliphatic rings. The van der Waals surface area contributed by atoms with Crippen molar-refractivity contribution in [2.45, 2.75) is 25.7 Å². The number of hydrogen-bond donors (Lipinski definition) is 0. The van der Waals surface area contributed by atoms with Gasteiger partial charge in [0.2, 0.25) is 0 Å². The van der Waals surface area contributed by atoms with Crippen molar-refractivity contribution < 1.29 is 10.0 Å². The fourth-order valence-electron chi connectivity index (χ4n) is 3.09. The van der Waals surface area contributed by atoms with Gasteiger partial charge in [0, 0.05) is 17.0 Å². The van der Waals surface area contributed by atoms with E-state index in [0.29, 0.717) is 10.2 Å². The number of benzene rings is 1. The number of hydrogen-bond acceptors (Lipinski definition) is 7. The van der Waals surface area contributed by atoms with E-state index in [1.54, 1.807) is 11.3 Å². The van der Waals surface area contributed by atoms with Crippen molar-refractivity contribution in [3.8, 4) is 5.75 Å². The third-order valence-corrected chi connectivity index (χ3v) is 5.58. The van der Waals surface area contributed by atoms with Gasteiger partial charge < -0.3 is 5.11 Å². The summed E-state index contributed by atoms with van der Waals surface area (Å²) in [6.07, 6.45) is 6.45. The predicted octanol–water partition coefficient (Wildman–Crippen LogP) is 2.20. The van der Waals surface area contributed by atoms with Crippen molar-refractivity contribution in [1.29, 1.82) is 0 Å². The van der Waals surface area contributed by atoms with Gasteiger partial charge in [0.25, 0.3) is 11.2 Å². The summed E-state index contributed by atoms with van der Waals surface area (Å²) < 4.78 is 1.07. The van der Waals surface area contributed by atoms with Crippen LogP contribution in [0.1, 0.15) is 28.8 Å². The topological polar surface area (TPSA) is 113 Å². The van der Waals surface area contributed by atoms with E-state index in [0.717, 1.165) is 60.3 Å². The number of nitro groups is 1. The Hall–Kier alpha value is -3.07. The minimum atomic E-state index is -0.589. The molecule has 1 aromatic carbocycles. The summed E-state index contributed by atoms with van der Waals surface area (Å²) >= 11 is 1.54. The highest BCUT2D eigenvalue weighted by atomic mass is 32.1. The lowest BCUT2D eigenvalue weighted by Crippen LogP contribution is -2.18. The van der Waals surface area contributed by atoms with Crippen LogP contribution in [0.3, 0.4) is 0 Å². The fourth-order valence-corrected chi connectivity index (χ4v) is 4.31. The quantitative estimate of drug-likeness (QED) is 0.399. The van der Waals surface area contributed by atoms with Gasteiger partial charge in [-0.15, -0.1) is 11.3 Å². The molecule has 9 heteroatoms. The lowest BCUT2D eigenvalue weighted by atomic mass is 9.97. The molecule has 0 bridgehead atoms. The molecule has 0 spiro atoms. The van der Waals surface area contributed by atoms with Crippen molar-refractivity contribution in [3.63, 3.8) is 0 Å². The maximum absolute atomic E-state index is 12.8. The molecule has 0 atom stereocenters. The van der Waals surface area contributed by atoms with E-state index in [-0.39, 0.29) is 16.8 Å². The maximum Gasteiger partial charge on any atom is 0.282 e. The van der Waals surface area contributed by atoms with Crippen LogP contribution >= 0.6 is 11.3 Å². The number of fused-ring (bicyclic) bond motifs is 3. The van der Waals surface area contributed by atoms with Crippen molar-refractivity contribution in [2.24, 2.45) is 5.10 Å². The van der Waals surface area contributed by atoms with Crippen LogP contribution in [-0.2, 0) is 12.8 Å². The number of nitro benzene ring substituents is 1. The SMILES string of the molecule is O=c1c2c3c(sc2ncn1/N=C\c1cc([N+](=O)[O-])ccc1[O-])CCCC3. The number of aromatic nitrogens is 2. The zero-order valence-electron chi connectivity index (χ0n) is 13.5. The van der Waals surface area contributed by atoms with Gasteiger partial charge in [-0.2, -0.15) is 9.78 Å². The molecule has 132 valence electrons. The summed E-state index contributed by atoms with van der Waals surface area (Å²) in [4.78, 5) is 29.2. The number of rotatable bonds is 3. The third-order valence-electron chi connectivity index (χ3n) is 4.38. The monoisotopic (exact) mass is 369 g/mol. The first-order valence-corrected chi connectivity index (χ1v) is 8.88. The fraction of sp³-hybridized carbons (Fsp3) is 0.235. The Labute approximate surface area is 151 Å². The normalized spacial score (nSPS) is 14.0. The molecule has 2 heterocycles. The zero-order chi connectivity index (χ0) is 18.3. The van der Waals surface area contributed by atoms with E-state index in [9.17, 15) is 20.0 Å². The van der Waals surface area contributed by atoms with Crippen LogP contribution < -0.4 is 10.7 Å². The van der Waals surface area contributed by atoms with Gasteiger partial charge in [0.15, 0.2) is 0 Å². The average Bonchev–Trinajstić information content (AvgIpc) is 3.01. The first kappa shape index (κ1) is 16.4. The molecule has 4 rings (SSSR count). The van der Waals surface area contributed by atoms with E-state index in [1.807, 2.05) is 0 Å². The molecule has 0 amide bonds. The Bertz CT molecular complexity index is 1120. The van der Waals surface area contributed by atoms with Crippen LogP contribution in [0, 0.1) is 10.1 Å². The third kappa shape index (κ3) is 2.76. The van der Waals surface area contributed by atoms with E-state index in [2.05, 4.69) is 10.1 Å². The highest BCUT2D eigenvalue weighted by Crippen LogP contribution is 2.33. The minimum absolute atomic E-state index is 0.0403. The summed E-state index contributed by atoms with van der Waals surface area (Å²) in [6, 6.07) is 3.38. The van der Waals surface area contributed by atoms with Gasteiger partial charge in [-0.1, -0.05) is 11.8 Å². The van der Waals surface area contributed by atoms with Gasteiger partial charge in [0.1, 0.15) is 11.2 Å². The van der Waals surface area contributed by atoms with Crippen molar-refractivity contribution in [2.75, 3.05) is 0 Å². The summed E-state index contributed by atoms with van der Waals surface area (Å²) in [6.45, 7) is 0. The molecule has 3 aromatic rings. The molecule has 0 N–H and O–H groups in total. The Kier molecular flexibility index (Phi) is 4.00. The molecule has 0 unspecified atom stereocenters. The Morgan fingerprint density at radius 1 is 1.31 bits per heavy atom. The Balaban J connectivity index is 1.77. The van der Waals surface area contributed by atoms with Gasteiger partial charge in [-0.3, -0.25) is 14.9 Å². The van der Waals surface area contributed by atoms with Crippen molar-refractivity contribution in [1.82, 2.24) is 9.66 Å². The molecule has 0 saturated carbocycles. The van der Waals surface area contributed by atoms with Crippen molar-refractivity contribution >= 4 is 33.5 Å². The first-order chi connectivity index (χ1) is 12.5. The molecule has 0 saturated heterocycles. The van der Waals surface area contributed by atoms with Crippen LogP contribution in [0.4, 0.5) is 5.69 Å². The molecule has 2 aromatic heterocycles. The van der Waals surface area contributed by atoms with Crippen molar-refractivity contribution in [3.05, 3.63) is 61.0 Å². The van der Waals surface area contributed by atoms with Gasteiger partial charge >= 0.3 is 0 Å². The highest BCUT2D eigenvalue weighted by molar-refractivity contribution is 7.18. The van der Waals surface area contributed by atoms with Gasteiger partial charge in [-0.25, -0.2) is 4.98 Å². The highest BCUT2D eigenvalue weighted by Gasteiger charge is 2.19. The summed E-state index contributed by atoms with van der Waals surface area (Å²) in [5.41, 5.74) is 0.596. The Morgan fingerprint density at radius 3 is 2.92 bits per heavy atom. The second-order valence-corrected chi connectivity index (χ2v) is 7.09. The van der Waals surface area contributed by atoms with Crippen LogP contribution in [0.2, 0.25) is 0 Å². The number of non-ortho nitro benzene ring substituents is 1. The predicted molar refractivity (Wildman–Crippen MR) is 96.1 cm³/mol. The van der Waals surface area contributed by atoms with Gasteiger partial charge in [-0.05, 0) is 36.8 Å². The van der Waals surface area contributed by atoms with E-state index in [4.69, 9.17) is 0 Å². The molecular formula is C17H13N4O4S-. The lowest BCUT2D eigenvalue weighted by Gasteiger charge is -2.10. The number of aryl methyl sites for hydroxylation is 2. The molecule has 0 aliphatic heterocycles. The number of nitrogens with zero attached hydrogens (tertiary/aromatic N) is 4. The van der Waals surface area contributed by atoms with E-state index >= 15 is 0 Å². The van der Waals surface area contributed by atoms with E-state index in [1.165, 1.54) is 11.2 Å². The molecular weight excluding hydrogens is 356 g/mol. The van der Waals surface area contributed by atoms with Crippen LogP contribution in [0.25, 0.3) is 10.2 Å². The van der Waals surface area contributed by atoms with E-state index < -0.39 is 10.7 Å². The summed E-state index contributed by atoms with van der Waals surface area (Å²) in [5, 5.41) is 27.3. The first-order valence-electron chi connectivity index (χ1n) is 8.06. The van der Waals surface area contributed by atoms with Crippen LogP contribution in [-0.4, -0.2) is 20.8 Å². The molecule has 8 nitrogen and oxygen atoms in total. The lowest BCUT2D eigenvalue weighted by molar-refractivity contribution is -0.385. The molecule has 1 aliphatic carbocycles. The Morgan fingerprint density at radius 2 is 2.12 bits per heavy atom. The summed E-state index contributed by atoms with van der Waals surface area (Å²) in [7, 11) is 0. The zero-order valence-corrected chi connectivity index (χ0v) is 14.4. The van der Waals surface area contributed by atoms with Crippen LogP contribution in [0.5, 0.6) is 5.75 Å². The molecule has 0 fully saturated rings. The largest absolute Gasteiger partial charge is 0.872 e. The standard InChI is InChI=1S/C17H14N4O4S/c22-13-6-5-11(21(24)25)7-10(13)8-19-20-9-18-16-15(17(20)23)12-3-1-2-4-14(12)26-16/h5-9,22H,1-4H2/p-1/b19-8-. The maximum atomic E-state index is 12.8. The minimum Gasteiger partial charge on any atom is -0.872 e. The molecule has 0 radical (unpaired) electrons. The molecule has 26 heavy (non-hydrogen) atoms. The van der Waals surface area contributed by atoms with Gasteiger partial charge in [0.05, 0.1) is 16.5 Å². The second-order valence-electron chi connectivity index (χ2n) is 6.01. The number of thiophene rings is 1.